The van der Waals surface area contributed by atoms with Crippen LogP contribution in [0.25, 0.3) is 0 Å². The lowest BCUT2D eigenvalue weighted by atomic mass is 10.1. The van der Waals surface area contributed by atoms with Crippen molar-refractivity contribution in [2.75, 3.05) is 6.61 Å². The number of hydrogen-bond acceptors (Lipinski definition) is 4. The fourth-order valence-corrected chi connectivity index (χ4v) is 3.38. The molecule has 0 amide bonds. The van der Waals surface area contributed by atoms with Crippen LogP contribution < -0.4 is 0 Å². The average Bonchev–Trinajstić information content (AvgIpc) is 2.72. The summed E-state index contributed by atoms with van der Waals surface area (Å²) in [6, 6.07) is 0. The predicted octanol–water partition coefficient (Wildman–Crippen LogP) is 7.38. The Kier molecular flexibility index (Phi) is 20.7. The molecule has 0 heterocycles. The largest absolute Gasteiger partial charge is 0.466 e. The number of unbranched alkanes of at least 4 members (excludes halogenated alkanes) is 10. The van der Waals surface area contributed by atoms with Gasteiger partial charge >= 0.3 is 11.9 Å². The molecule has 0 aliphatic heterocycles. The highest BCUT2D eigenvalue weighted by atomic mass is 16.5. The molecule has 4 nitrogen and oxygen atoms in total. The third kappa shape index (κ3) is 21.5. The van der Waals surface area contributed by atoms with E-state index in [0.29, 0.717) is 25.4 Å². The summed E-state index contributed by atoms with van der Waals surface area (Å²) in [7, 11) is 0. The van der Waals surface area contributed by atoms with Gasteiger partial charge in [-0.25, -0.2) is 0 Å². The van der Waals surface area contributed by atoms with Gasteiger partial charge in [0.2, 0.25) is 0 Å². The first kappa shape index (κ1) is 29.5. The van der Waals surface area contributed by atoms with Gasteiger partial charge in [0.05, 0.1) is 6.61 Å². The summed E-state index contributed by atoms with van der Waals surface area (Å²) in [5.74, 6) is 6.35. The van der Waals surface area contributed by atoms with Gasteiger partial charge in [-0.3, -0.25) is 9.59 Å². The zero-order chi connectivity index (χ0) is 23.2. The molecule has 0 aromatic rings. The summed E-state index contributed by atoms with van der Waals surface area (Å²) in [6.07, 6.45) is 15.5. The standard InChI is InChI=1S/C27H48O4/c1-5-7-9-10-15-18-22-30-26(28)20-16-13-11-12-14-17-21-27(29)31-25(19-8-6-2)23-24(3)4/h24-25H,5-7,9-18,20-23H2,1-4H3. The van der Waals surface area contributed by atoms with Crippen molar-refractivity contribution in [2.45, 2.75) is 137 Å². The lowest BCUT2D eigenvalue weighted by Crippen LogP contribution is -2.18. The van der Waals surface area contributed by atoms with Crippen LogP contribution in [0.1, 0.15) is 130 Å². The van der Waals surface area contributed by atoms with Crippen LogP contribution in [0, 0.1) is 17.8 Å². The smallest absolute Gasteiger partial charge is 0.307 e. The molecule has 1 atom stereocenters. The molecule has 1 unspecified atom stereocenters. The van der Waals surface area contributed by atoms with Crippen LogP contribution in [0.15, 0.2) is 0 Å². The Morgan fingerprint density at radius 2 is 1.29 bits per heavy atom. The zero-order valence-electron chi connectivity index (χ0n) is 20.8. The van der Waals surface area contributed by atoms with Crippen LogP contribution in [-0.4, -0.2) is 24.6 Å². The highest BCUT2D eigenvalue weighted by Crippen LogP contribution is 2.13. The maximum atomic E-state index is 12.0. The quantitative estimate of drug-likeness (QED) is 0.120. The van der Waals surface area contributed by atoms with Crippen LogP contribution in [0.5, 0.6) is 0 Å². The van der Waals surface area contributed by atoms with Crippen molar-refractivity contribution in [3.8, 4) is 11.8 Å². The third-order valence-corrected chi connectivity index (χ3v) is 5.17. The van der Waals surface area contributed by atoms with E-state index in [4.69, 9.17) is 9.47 Å². The van der Waals surface area contributed by atoms with Crippen LogP contribution in [0.4, 0.5) is 0 Å². The summed E-state index contributed by atoms with van der Waals surface area (Å²) in [6.45, 7) is 9.02. The molecule has 0 fully saturated rings. The Balaban J connectivity index is 3.59. The zero-order valence-corrected chi connectivity index (χ0v) is 20.8. The molecule has 31 heavy (non-hydrogen) atoms. The van der Waals surface area contributed by atoms with Gasteiger partial charge in [-0.15, -0.1) is 0 Å². The maximum absolute atomic E-state index is 12.0. The number of carbonyl (C=O) groups is 2. The molecule has 0 radical (unpaired) electrons. The normalized spacial score (nSPS) is 11.6. The van der Waals surface area contributed by atoms with E-state index in [2.05, 4.69) is 32.6 Å². The third-order valence-electron chi connectivity index (χ3n) is 5.17. The minimum Gasteiger partial charge on any atom is -0.466 e. The van der Waals surface area contributed by atoms with Gasteiger partial charge in [0.15, 0.2) is 6.10 Å². The lowest BCUT2D eigenvalue weighted by Gasteiger charge is -2.14. The van der Waals surface area contributed by atoms with Crippen LogP contribution >= 0.6 is 0 Å². The molecule has 0 aliphatic rings. The Labute approximate surface area is 192 Å². The monoisotopic (exact) mass is 436 g/mol. The summed E-state index contributed by atoms with van der Waals surface area (Å²) >= 11 is 0. The second kappa shape index (κ2) is 21.7. The number of hydrogen-bond donors (Lipinski definition) is 0. The fraction of sp³-hybridized carbons (Fsp3) is 0.852. The SMILES string of the molecule is CCC#CC(CC(C)C)OC(=O)CCCCCCCCC(=O)OCCCCCCCC. The molecular formula is C27H48O4. The number of rotatable bonds is 19. The Morgan fingerprint density at radius 1 is 0.742 bits per heavy atom. The van der Waals surface area contributed by atoms with E-state index in [1.807, 2.05) is 6.92 Å². The van der Waals surface area contributed by atoms with Gasteiger partial charge < -0.3 is 9.47 Å². The van der Waals surface area contributed by atoms with E-state index >= 15 is 0 Å². The van der Waals surface area contributed by atoms with Crippen molar-refractivity contribution in [1.29, 1.82) is 0 Å². The summed E-state index contributed by atoms with van der Waals surface area (Å²) < 4.78 is 10.8. The molecule has 0 spiro atoms. The van der Waals surface area contributed by atoms with Gasteiger partial charge in [0.25, 0.3) is 0 Å². The molecular weight excluding hydrogens is 388 g/mol. The first-order chi connectivity index (χ1) is 15.0. The van der Waals surface area contributed by atoms with E-state index < -0.39 is 0 Å². The Bertz CT molecular complexity index is 501. The average molecular weight is 437 g/mol. The molecule has 0 aliphatic carbocycles. The van der Waals surface area contributed by atoms with Gasteiger partial charge in [-0.05, 0) is 31.6 Å². The summed E-state index contributed by atoms with van der Waals surface area (Å²) in [4.78, 5) is 23.8. The van der Waals surface area contributed by atoms with E-state index in [9.17, 15) is 9.59 Å². The van der Waals surface area contributed by atoms with Gasteiger partial charge in [-0.1, -0.05) is 97.3 Å². The second-order valence-corrected chi connectivity index (χ2v) is 8.89. The topological polar surface area (TPSA) is 52.6 Å². The second-order valence-electron chi connectivity index (χ2n) is 8.89. The minimum atomic E-state index is -0.270. The van der Waals surface area contributed by atoms with Gasteiger partial charge in [-0.2, -0.15) is 0 Å². The molecule has 0 saturated carbocycles. The Hall–Kier alpha value is -1.50. The van der Waals surface area contributed by atoms with Gasteiger partial charge in [0.1, 0.15) is 0 Å². The summed E-state index contributed by atoms with van der Waals surface area (Å²) in [5.41, 5.74) is 0. The van der Waals surface area contributed by atoms with Crippen molar-refractivity contribution in [3.05, 3.63) is 0 Å². The highest BCUT2D eigenvalue weighted by molar-refractivity contribution is 5.70. The molecule has 0 rings (SSSR count). The molecule has 4 heteroatoms. The lowest BCUT2D eigenvalue weighted by molar-refractivity contribution is -0.147. The first-order valence-electron chi connectivity index (χ1n) is 12.8. The van der Waals surface area contributed by atoms with E-state index in [0.717, 1.165) is 64.2 Å². The van der Waals surface area contributed by atoms with Crippen LogP contribution in [0.2, 0.25) is 0 Å². The van der Waals surface area contributed by atoms with Crippen LogP contribution in [-0.2, 0) is 19.1 Å². The minimum absolute atomic E-state index is 0.0570. The van der Waals surface area contributed by atoms with Crippen molar-refractivity contribution in [1.82, 2.24) is 0 Å². The highest BCUT2D eigenvalue weighted by Gasteiger charge is 2.13. The summed E-state index contributed by atoms with van der Waals surface area (Å²) in [5, 5.41) is 0. The van der Waals surface area contributed by atoms with Crippen molar-refractivity contribution < 1.29 is 19.1 Å². The maximum Gasteiger partial charge on any atom is 0.307 e. The van der Waals surface area contributed by atoms with E-state index in [-0.39, 0.29) is 18.0 Å². The van der Waals surface area contributed by atoms with E-state index in [1.165, 1.54) is 25.7 Å². The van der Waals surface area contributed by atoms with Crippen molar-refractivity contribution in [2.24, 2.45) is 5.92 Å². The molecule has 0 aromatic heterocycles. The number of esters is 2. The molecule has 0 saturated heterocycles. The first-order valence-corrected chi connectivity index (χ1v) is 12.8. The number of ether oxygens (including phenoxy) is 2. The molecule has 180 valence electrons. The van der Waals surface area contributed by atoms with Gasteiger partial charge in [0, 0.05) is 19.3 Å². The number of carbonyl (C=O) groups excluding carboxylic acids is 2. The fourth-order valence-electron chi connectivity index (χ4n) is 3.38. The molecule has 0 N–H and O–H groups in total. The Morgan fingerprint density at radius 3 is 1.87 bits per heavy atom. The van der Waals surface area contributed by atoms with Crippen molar-refractivity contribution >= 4 is 11.9 Å². The van der Waals surface area contributed by atoms with Crippen LogP contribution in [0.3, 0.4) is 0 Å². The van der Waals surface area contributed by atoms with E-state index in [1.54, 1.807) is 0 Å². The predicted molar refractivity (Wildman–Crippen MR) is 129 cm³/mol. The van der Waals surface area contributed by atoms with Crippen molar-refractivity contribution in [3.63, 3.8) is 0 Å². The molecule has 0 aromatic carbocycles. The molecule has 0 bridgehead atoms.